The van der Waals surface area contributed by atoms with Gasteiger partial charge < -0.3 is 4.74 Å². The molecule has 0 radical (unpaired) electrons. The van der Waals surface area contributed by atoms with Crippen LogP contribution in [0.2, 0.25) is 0 Å². The van der Waals surface area contributed by atoms with Crippen molar-refractivity contribution >= 4 is 10.8 Å². The van der Waals surface area contributed by atoms with Gasteiger partial charge in [0, 0.05) is 17.3 Å². The lowest BCUT2D eigenvalue weighted by Gasteiger charge is -2.06. The molecule has 0 aliphatic heterocycles. The van der Waals surface area contributed by atoms with E-state index in [2.05, 4.69) is 24.0 Å². The van der Waals surface area contributed by atoms with Gasteiger partial charge in [-0.1, -0.05) is 13.0 Å². The number of hydrogen-bond donors (Lipinski definition) is 0. The molecule has 15 heavy (non-hydrogen) atoms. The number of aryl methyl sites for hydroxylation is 1. The van der Waals surface area contributed by atoms with Crippen LogP contribution in [0.15, 0.2) is 30.5 Å². The Morgan fingerprint density at radius 2 is 2.13 bits per heavy atom. The van der Waals surface area contributed by atoms with E-state index >= 15 is 0 Å². The standard InChI is InChI=1S/C13H15NO/c1-3-8-15-12-5-4-11-6-7-14-10(2)13(11)9-12/h4-7,9H,3,8H2,1-2H3. The van der Waals surface area contributed by atoms with E-state index in [0.717, 1.165) is 24.5 Å². The number of pyridine rings is 1. The molecule has 1 heterocycles. The van der Waals surface area contributed by atoms with Crippen LogP contribution >= 0.6 is 0 Å². The third-order valence-electron chi connectivity index (χ3n) is 2.41. The number of benzene rings is 1. The average Bonchev–Trinajstić information content (AvgIpc) is 2.27. The average molecular weight is 201 g/mol. The lowest BCUT2D eigenvalue weighted by atomic mass is 10.1. The molecule has 0 unspecified atom stereocenters. The Morgan fingerprint density at radius 3 is 2.93 bits per heavy atom. The van der Waals surface area contributed by atoms with Gasteiger partial charge in [-0.05, 0) is 36.9 Å². The van der Waals surface area contributed by atoms with Crippen molar-refractivity contribution < 1.29 is 4.74 Å². The molecule has 0 aliphatic carbocycles. The number of hydrogen-bond acceptors (Lipinski definition) is 2. The second-order valence-corrected chi connectivity index (χ2v) is 3.63. The molecule has 2 heteroatoms. The fraction of sp³-hybridized carbons (Fsp3) is 0.308. The molecule has 0 bridgehead atoms. The number of aromatic nitrogens is 1. The van der Waals surface area contributed by atoms with E-state index < -0.39 is 0 Å². The van der Waals surface area contributed by atoms with Gasteiger partial charge in [-0.15, -0.1) is 0 Å². The second kappa shape index (κ2) is 4.30. The van der Waals surface area contributed by atoms with Gasteiger partial charge in [-0.2, -0.15) is 0 Å². The normalized spacial score (nSPS) is 10.5. The van der Waals surface area contributed by atoms with Gasteiger partial charge in [0.1, 0.15) is 5.75 Å². The SMILES string of the molecule is CCCOc1ccc2ccnc(C)c2c1. The predicted molar refractivity (Wildman–Crippen MR) is 62.3 cm³/mol. The molecule has 0 fully saturated rings. The summed E-state index contributed by atoms with van der Waals surface area (Å²) < 4.78 is 5.59. The Bertz CT molecular complexity index is 465. The minimum atomic E-state index is 0.769. The highest BCUT2D eigenvalue weighted by Crippen LogP contribution is 2.22. The van der Waals surface area contributed by atoms with Crippen LogP contribution in [0.3, 0.4) is 0 Å². The van der Waals surface area contributed by atoms with E-state index in [1.165, 1.54) is 10.8 Å². The molecule has 78 valence electrons. The zero-order valence-corrected chi connectivity index (χ0v) is 9.16. The number of fused-ring (bicyclic) bond motifs is 1. The lowest BCUT2D eigenvalue weighted by Crippen LogP contribution is -1.95. The van der Waals surface area contributed by atoms with Crippen LogP contribution in [0.25, 0.3) is 10.8 Å². The first-order chi connectivity index (χ1) is 7.31. The molecule has 0 atom stereocenters. The molecule has 0 N–H and O–H groups in total. The third-order valence-corrected chi connectivity index (χ3v) is 2.41. The van der Waals surface area contributed by atoms with Crippen molar-refractivity contribution in [2.45, 2.75) is 20.3 Å². The highest BCUT2D eigenvalue weighted by atomic mass is 16.5. The van der Waals surface area contributed by atoms with Gasteiger partial charge in [0.15, 0.2) is 0 Å². The van der Waals surface area contributed by atoms with E-state index in [-0.39, 0.29) is 0 Å². The molecule has 0 saturated carbocycles. The van der Waals surface area contributed by atoms with Gasteiger partial charge >= 0.3 is 0 Å². The first-order valence-corrected chi connectivity index (χ1v) is 5.29. The minimum Gasteiger partial charge on any atom is -0.494 e. The van der Waals surface area contributed by atoms with E-state index in [1.807, 2.05) is 25.3 Å². The number of nitrogens with zero attached hydrogens (tertiary/aromatic N) is 1. The Kier molecular flexibility index (Phi) is 2.86. The second-order valence-electron chi connectivity index (χ2n) is 3.63. The maximum Gasteiger partial charge on any atom is 0.119 e. The summed E-state index contributed by atoms with van der Waals surface area (Å²) in [5.41, 5.74) is 1.05. The van der Waals surface area contributed by atoms with Crippen LogP contribution in [0.5, 0.6) is 5.75 Å². The van der Waals surface area contributed by atoms with Crippen LogP contribution in [0.1, 0.15) is 19.0 Å². The monoisotopic (exact) mass is 201 g/mol. The lowest BCUT2D eigenvalue weighted by molar-refractivity contribution is 0.318. The van der Waals surface area contributed by atoms with Crippen molar-refractivity contribution in [2.24, 2.45) is 0 Å². The third kappa shape index (κ3) is 2.09. The van der Waals surface area contributed by atoms with Gasteiger partial charge in [0.25, 0.3) is 0 Å². The van der Waals surface area contributed by atoms with Crippen molar-refractivity contribution in [3.63, 3.8) is 0 Å². The summed E-state index contributed by atoms with van der Waals surface area (Å²) >= 11 is 0. The fourth-order valence-electron chi connectivity index (χ4n) is 1.60. The highest BCUT2D eigenvalue weighted by Gasteiger charge is 2.00. The smallest absolute Gasteiger partial charge is 0.119 e. The molecule has 1 aromatic carbocycles. The maximum absolute atomic E-state index is 5.59. The Labute approximate surface area is 89.9 Å². The summed E-state index contributed by atoms with van der Waals surface area (Å²) in [6.45, 7) is 4.89. The molecule has 2 rings (SSSR count). The highest BCUT2D eigenvalue weighted by molar-refractivity contribution is 5.85. The van der Waals surface area contributed by atoms with Crippen molar-refractivity contribution in [3.8, 4) is 5.75 Å². The molecular weight excluding hydrogens is 186 g/mol. The van der Waals surface area contributed by atoms with Crippen LogP contribution in [0, 0.1) is 6.92 Å². The topological polar surface area (TPSA) is 22.1 Å². The van der Waals surface area contributed by atoms with E-state index in [9.17, 15) is 0 Å². The molecular formula is C13H15NO. The molecule has 0 aliphatic rings. The van der Waals surface area contributed by atoms with Gasteiger partial charge in [0.05, 0.1) is 6.61 Å². The first-order valence-electron chi connectivity index (χ1n) is 5.29. The van der Waals surface area contributed by atoms with Crippen LogP contribution in [-0.2, 0) is 0 Å². The van der Waals surface area contributed by atoms with Crippen LogP contribution < -0.4 is 4.74 Å². The van der Waals surface area contributed by atoms with Gasteiger partial charge in [-0.25, -0.2) is 0 Å². The zero-order chi connectivity index (χ0) is 10.7. The molecule has 0 amide bonds. The molecule has 0 spiro atoms. The summed E-state index contributed by atoms with van der Waals surface area (Å²) in [7, 11) is 0. The van der Waals surface area contributed by atoms with E-state index in [1.54, 1.807) is 0 Å². The number of rotatable bonds is 3. The molecule has 2 aromatic rings. The molecule has 1 aromatic heterocycles. The van der Waals surface area contributed by atoms with E-state index in [0.29, 0.717) is 0 Å². The van der Waals surface area contributed by atoms with Gasteiger partial charge in [-0.3, -0.25) is 4.98 Å². The van der Waals surface area contributed by atoms with Crippen LogP contribution in [-0.4, -0.2) is 11.6 Å². The van der Waals surface area contributed by atoms with E-state index in [4.69, 9.17) is 4.74 Å². The zero-order valence-electron chi connectivity index (χ0n) is 9.16. The van der Waals surface area contributed by atoms with Crippen molar-refractivity contribution in [2.75, 3.05) is 6.61 Å². The fourth-order valence-corrected chi connectivity index (χ4v) is 1.60. The largest absolute Gasteiger partial charge is 0.494 e. The molecule has 0 saturated heterocycles. The van der Waals surface area contributed by atoms with Gasteiger partial charge in [0.2, 0.25) is 0 Å². The minimum absolute atomic E-state index is 0.769. The molecule has 2 nitrogen and oxygen atoms in total. The van der Waals surface area contributed by atoms with Crippen molar-refractivity contribution in [3.05, 3.63) is 36.2 Å². The Balaban J connectivity index is 2.41. The summed E-state index contributed by atoms with van der Waals surface area (Å²) in [6.07, 6.45) is 2.87. The first kappa shape index (κ1) is 9.97. The van der Waals surface area contributed by atoms with Crippen molar-refractivity contribution in [1.82, 2.24) is 4.98 Å². The quantitative estimate of drug-likeness (QED) is 0.759. The summed E-state index contributed by atoms with van der Waals surface area (Å²) in [5.74, 6) is 0.931. The van der Waals surface area contributed by atoms with Crippen LogP contribution in [0.4, 0.5) is 0 Å². The number of ether oxygens (including phenoxy) is 1. The Hall–Kier alpha value is -1.57. The predicted octanol–water partition coefficient (Wildman–Crippen LogP) is 3.33. The van der Waals surface area contributed by atoms with Crippen molar-refractivity contribution in [1.29, 1.82) is 0 Å². The summed E-state index contributed by atoms with van der Waals surface area (Å²) in [5, 5.41) is 2.39. The summed E-state index contributed by atoms with van der Waals surface area (Å²) in [4.78, 5) is 4.27. The summed E-state index contributed by atoms with van der Waals surface area (Å²) in [6, 6.07) is 8.17. The maximum atomic E-state index is 5.59. The Morgan fingerprint density at radius 1 is 1.27 bits per heavy atom.